The summed E-state index contributed by atoms with van der Waals surface area (Å²) in [7, 11) is -2.59. The molecule has 0 N–H and O–H groups in total. The third-order valence-corrected chi connectivity index (χ3v) is 10.4. The van der Waals surface area contributed by atoms with Gasteiger partial charge in [0.15, 0.2) is 0 Å². The molecule has 0 heterocycles. The molecule has 3 rings (SSSR count). The second kappa shape index (κ2) is 7.96. The van der Waals surface area contributed by atoms with E-state index < -0.39 is 8.32 Å². The maximum absolute atomic E-state index is 7.25. The minimum atomic E-state index is -2.59. The number of hydrogen-bond acceptors (Lipinski definition) is 1. The van der Waals surface area contributed by atoms with Crippen molar-refractivity contribution in [1.29, 1.82) is 0 Å². The quantitative estimate of drug-likeness (QED) is 0.483. The van der Waals surface area contributed by atoms with Crippen LogP contribution >= 0.6 is 0 Å². The molecule has 0 saturated heterocycles. The number of benzene rings is 3. The van der Waals surface area contributed by atoms with Gasteiger partial charge in [0.2, 0.25) is 0 Å². The zero-order valence-electron chi connectivity index (χ0n) is 18.0. The van der Waals surface area contributed by atoms with Crippen molar-refractivity contribution < 1.29 is 4.43 Å². The van der Waals surface area contributed by atoms with Gasteiger partial charge in [-0.25, -0.2) is 0 Å². The van der Waals surface area contributed by atoms with Gasteiger partial charge in [-0.1, -0.05) is 107 Å². The van der Waals surface area contributed by atoms with Crippen LogP contribution in [0.1, 0.15) is 51.7 Å². The SMILES string of the molecule is Cc1ccc(C(C)C)c(O[Si](c2ccccc2)(c2ccccc2)C(C)(C)C)c1. The maximum atomic E-state index is 7.25. The number of aryl methyl sites for hydroxylation is 1. The van der Waals surface area contributed by atoms with Crippen molar-refractivity contribution in [1.82, 2.24) is 0 Å². The van der Waals surface area contributed by atoms with E-state index in [0.29, 0.717) is 5.92 Å². The van der Waals surface area contributed by atoms with E-state index in [4.69, 9.17) is 4.43 Å². The first kappa shape index (κ1) is 20.4. The molecule has 0 saturated carbocycles. The summed E-state index contributed by atoms with van der Waals surface area (Å²) < 4.78 is 7.25. The molecule has 146 valence electrons. The first-order chi connectivity index (χ1) is 13.3. The van der Waals surface area contributed by atoms with Crippen LogP contribution in [-0.2, 0) is 0 Å². The Bertz CT molecular complexity index is 869. The van der Waals surface area contributed by atoms with E-state index in [-0.39, 0.29) is 5.04 Å². The van der Waals surface area contributed by atoms with Gasteiger partial charge < -0.3 is 4.43 Å². The van der Waals surface area contributed by atoms with Gasteiger partial charge in [0.1, 0.15) is 5.75 Å². The molecule has 3 aromatic rings. The van der Waals surface area contributed by atoms with Gasteiger partial charge in [0.25, 0.3) is 0 Å². The van der Waals surface area contributed by atoms with Crippen LogP contribution in [0.5, 0.6) is 5.75 Å². The third-order valence-electron chi connectivity index (χ3n) is 5.47. The molecule has 0 aromatic heterocycles. The summed E-state index contributed by atoms with van der Waals surface area (Å²) in [5.74, 6) is 1.44. The Morgan fingerprint density at radius 2 is 1.25 bits per heavy atom. The molecule has 28 heavy (non-hydrogen) atoms. The van der Waals surface area contributed by atoms with E-state index >= 15 is 0 Å². The van der Waals surface area contributed by atoms with E-state index in [9.17, 15) is 0 Å². The highest BCUT2D eigenvalue weighted by Gasteiger charge is 2.52. The van der Waals surface area contributed by atoms with Gasteiger partial charge in [-0.15, -0.1) is 0 Å². The van der Waals surface area contributed by atoms with Crippen molar-refractivity contribution in [3.8, 4) is 5.75 Å². The van der Waals surface area contributed by atoms with Crippen molar-refractivity contribution in [2.24, 2.45) is 0 Å². The zero-order valence-corrected chi connectivity index (χ0v) is 19.0. The van der Waals surface area contributed by atoms with Crippen LogP contribution in [0.4, 0.5) is 0 Å². The van der Waals surface area contributed by atoms with Crippen molar-refractivity contribution in [3.05, 3.63) is 90.0 Å². The standard InChI is InChI=1S/C26H32OSi/c1-20(2)24-18-17-21(3)19-25(24)27-28(26(4,5)6,22-13-9-7-10-14-22)23-15-11-8-12-16-23/h7-20H,1-6H3. The predicted octanol–water partition coefficient (Wildman–Crippen LogP) is 6.06. The minimum absolute atomic E-state index is 0.0340. The van der Waals surface area contributed by atoms with Gasteiger partial charge in [0, 0.05) is 0 Å². The van der Waals surface area contributed by atoms with E-state index in [2.05, 4.69) is 120 Å². The fourth-order valence-corrected chi connectivity index (χ4v) is 8.46. The molecule has 0 aliphatic carbocycles. The lowest BCUT2D eigenvalue weighted by Crippen LogP contribution is -2.68. The predicted molar refractivity (Wildman–Crippen MR) is 124 cm³/mol. The summed E-state index contributed by atoms with van der Waals surface area (Å²) in [4.78, 5) is 0. The second-order valence-electron chi connectivity index (χ2n) is 8.96. The summed E-state index contributed by atoms with van der Waals surface area (Å²) in [6, 6.07) is 28.3. The highest BCUT2D eigenvalue weighted by Crippen LogP contribution is 2.39. The molecule has 0 unspecified atom stereocenters. The Kier molecular flexibility index (Phi) is 5.81. The van der Waals surface area contributed by atoms with Crippen LogP contribution < -0.4 is 14.8 Å². The van der Waals surface area contributed by atoms with E-state index in [1.807, 2.05) is 0 Å². The summed E-state index contributed by atoms with van der Waals surface area (Å²) in [6.07, 6.45) is 0. The van der Waals surface area contributed by atoms with Crippen LogP contribution in [-0.4, -0.2) is 8.32 Å². The van der Waals surface area contributed by atoms with Gasteiger partial charge >= 0.3 is 8.32 Å². The fraction of sp³-hybridized carbons (Fsp3) is 0.308. The number of rotatable bonds is 5. The lowest BCUT2D eigenvalue weighted by atomic mass is 10.0. The lowest BCUT2D eigenvalue weighted by Gasteiger charge is -2.43. The minimum Gasteiger partial charge on any atom is -0.534 e. The van der Waals surface area contributed by atoms with Crippen molar-refractivity contribution >= 4 is 18.7 Å². The van der Waals surface area contributed by atoms with Crippen LogP contribution in [0, 0.1) is 6.92 Å². The first-order valence-electron chi connectivity index (χ1n) is 10.2. The Morgan fingerprint density at radius 3 is 1.68 bits per heavy atom. The Morgan fingerprint density at radius 1 is 0.750 bits per heavy atom. The van der Waals surface area contributed by atoms with Gasteiger partial charge in [-0.2, -0.15) is 0 Å². The smallest absolute Gasteiger partial charge is 0.319 e. The molecular weight excluding hydrogens is 356 g/mol. The normalized spacial score (nSPS) is 12.2. The Labute approximate surface area is 171 Å². The maximum Gasteiger partial charge on any atom is 0.319 e. The van der Waals surface area contributed by atoms with Gasteiger partial charge in [-0.3, -0.25) is 0 Å². The highest BCUT2D eigenvalue weighted by atomic mass is 28.4. The molecule has 0 aliphatic heterocycles. The van der Waals surface area contributed by atoms with Crippen LogP contribution in [0.15, 0.2) is 78.9 Å². The molecule has 0 bridgehead atoms. The first-order valence-corrected chi connectivity index (χ1v) is 12.1. The van der Waals surface area contributed by atoms with Crippen molar-refractivity contribution in [3.63, 3.8) is 0 Å². The summed E-state index contributed by atoms with van der Waals surface area (Å²) >= 11 is 0. The molecular formula is C26H32OSi. The van der Waals surface area contributed by atoms with Crippen LogP contribution in [0.3, 0.4) is 0 Å². The van der Waals surface area contributed by atoms with Gasteiger partial charge in [-0.05, 0) is 45.4 Å². The van der Waals surface area contributed by atoms with E-state index in [0.717, 1.165) is 5.75 Å². The molecule has 1 nitrogen and oxygen atoms in total. The molecule has 0 radical (unpaired) electrons. The average Bonchev–Trinajstić information content (AvgIpc) is 2.66. The summed E-state index contributed by atoms with van der Waals surface area (Å²) in [5, 5.41) is 2.59. The molecule has 2 heteroatoms. The average molecular weight is 389 g/mol. The third kappa shape index (κ3) is 3.79. The molecule has 0 aliphatic rings. The van der Waals surface area contributed by atoms with Crippen LogP contribution in [0.2, 0.25) is 5.04 Å². The second-order valence-corrected chi connectivity index (χ2v) is 13.2. The zero-order chi connectivity index (χ0) is 20.4. The Balaban J connectivity index is 2.31. The van der Waals surface area contributed by atoms with Crippen LogP contribution in [0.25, 0.3) is 0 Å². The molecule has 0 amide bonds. The Hall–Kier alpha value is -2.32. The molecule has 0 fully saturated rings. The van der Waals surface area contributed by atoms with Crippen molar-refractivity contribution in [2.75, 3.05) is 0 Å². The highest BCUT2D eigenvalue weighted by molar-refractivity contribution is 7.00. The fourth-order valence-electron chi connectivity index (χ4n) is 4.02. The van der Waals surface area contributed by atoms with E-state index in [1.165, 1.54) is 21.5 Å². The number of hydrogen-bond donors (Lipinski definition) is 0. The molecule has 0 spiro atoms. The van der Waals surface area contributed by atoms with Gasteiger partial charge in [0.05, 0.1) is 0 Å². The summed E-state index contributed by atoms with van der Waals surface area (Å²) in [5.41, 5.74) is 2.51. The summed E-state index contributed by atoms with van der Waals surface area (Å²) in [6.45, 7) is 13.6. The lowest BCUT2D eigenvalue weighted by molar-refractivity contribution is 0.499. The monoisotopic (exact) mass is 388 g/mol. The topological polar surface area (TPSA) is 9.23 Å². The molecule has 3 aromatic carbocycles. The largest absolute Gasteiger partial charge is 0.534 e. The van der Waals surface area contributed by atoms with E-state index in [1.54, 1.807) is 0 Å². The molecule has 0 atom stereocenters. The van der Waals surface area contributed by atoms with Crippen molar-refractivity contribution in [2.45, 2.75) is 52.5 Å².